The van der Waals surface area contributed by atoms with Gasteiger partial charge in [-0.05, 0) is 87.2 Å². The van der Waals surface area contributed by atoms with Crippen LogP contribution in [0.15, 0.2) is 84.9 Å². The number of nitrogens with zero attached hydrogens (tertiary/aromatic N) is 2. The zero-order valence-corrected chi connectivity index (χ0v) is 19.7. The SMILES string of the molecule is N#Cc1c(N2CCCC2)cc(-c2ccc3ccc4ccccc4c3c2)c2c1-c1ccccc1CC2. The smallest absolute Gasteiger partial charge is 0.102 e. The molecule has 1 saturated heterocycles. The third-order valence-corrected chi connectivity index (χ3v) is 7.96. The highest BCUT2D eigenvalue weighted by Crippen LogP contribution is 2.46. The van der Waals surface area contributed by atoms with Gasteiger partial charge in [0.1, 0.15) is 6.07 Å². The fraction of sp³-hybridized carbons (Fsp3) is 0.182. The molecule has 35 heavy (non-hydrogen) atoms. The molecule has 0 unspecified atom stereocenters. The maximum atomic E-state index is 10.4. The summed E-state index contributed by atoms with van der Waals surface area (Å²) in [7, 11) is 0. The summed E-state index contributed by atoms with van der Waals surface area (Å²) >= 11 is 0. The van der Waals surface area contributed by atoms with E-state index < -0.39 is 0 Å². The van der Waals surface area contributed by atoms with Crippen LogP contribution in [0.25, 0.3) is 43.8 Å². The Morgan fingerprint density at radius 2 is 1.43 bits per heavy atom. The lowest BCUT2D eigenvalue weighted by Crippen LogP contribution is -2.20. The fourth-order valence-electron chi connectivity index (χ4n) is 6.26. The minimum Gasteiger partial charge on any atom is -0.370 e. The molecule has 0 bridgehead atoms. The molecule has 1 aliphatic carbocycles. The normalized spacial score (nSPS) is 14.7. The molecule has 0 N–H and O–H groups in total. The average molecular weight is 451 g/mol. The van der Waals surface area contributed by atoms with Gasteiger partial charge in [-0.3, -0.25) is 0 Å². The zero-order chi connectivity index (χ0) is 23.4. The topological polar surface area (TPSA) is 27.0 Å². The van der Waals surface area contributed by atoms with Gasteiger partial charge in [0.15, 0.2) is 0 Å². The van der Waals surface area contributed by atoms with Gasteiger partial charge in [0.25, 0.3) is 0 Å². The predicted molar refractivity (Wildman–Crippen MR) is 146 cm³/mol. The molecule has 7 rings (SSSR count). The Balaban J connectivity index is 1.54. The van der Waals surface area contributed by atoms with Gasteiger partial charge in [-0.15, -0.1) is 0 Å². The second-order valence-electron chi connectivity index (χ2n) is 9.86. The van der Waals surface area contributed by atoms with E-state index in [2.05, 4.69) is 95.9 Å². The predicted octanol–water partition coefficient (Wildman–Crippen LogP) is 7.90. The van der Waals surface area contributed by atoms with Crippen LogP contribution in [0.1, 0.15) is 29.5 Å². The van der Waals surface area contributed by atoms with Crippen molar-refractivity contribution in [2.24, 2.45) is 0 Å². The van der Waals surface area contributed by atoms with Crippen LogP contribution in [0.4, 0.5) is 5.69 Å². The van der Waals surface area contributed by atoms with Crippen LogP contribution in [-0.4, -0.2) is 13.1 Å². The summed E-state index contributed by atoms with van der Waals surface area (Å²) in [6.07, 6.45) is 4.36. The molecular weight excluding hydrogens is 424 g/mol. The lowest BCUT2D eigenvalue weighted by Gasteiger charge is -2.29. The van der Waals surface area contributed by atoms with E-state index in [1.54, 1.807) is 0 Å². The summed E-state index contributed by atoms with van der Waals surface area (Å²) in [5.41, 5.74) is 9.55. The van der Waals surface area contributed by atoms with E-state index in [0.717, 1.165) is 42.7 Å². The number of fused-ring (bicyclic) bond motifs is 6. The number of nitriles is 1. The van der Waals surface area contributed by atoms with Crippen molar-refractivity contribution >= 4 is 27.2 Å². The molecule has 2 nitrogen and oxygen atoms in total. The zero-order valence-electron chi connectivity index (χ0n) is 19.7. The molecule has 1 heterocycles. The van der Waals surface area contributed by atoms with Crippen molar-refractivity contribution < 1.29 is 0 Å². The van der Waals surface area contributed by atoms with Crippen molar-refractivity contribution in [1.82, 2.24) is 0 Å². The first-order chi connectivity index (χ1) is 17.3. The van der Waals surface area contributed by atoms with Crippen LogP contribution in [0.5, 0.6) is 0 Å². The Morgan fingerprint density at radius 3 is 2.29 bits per heavy atom. The first-order valence-electron chi connectivity index (χ1n) is 12.7. The molecule has 5 aromatic rings. The Morgan fingerprint density at radius 1 is 0.686 bits per heavy atom. The van der Waals surface area contributed by atoms with Crippen molar-refractivity contribution in [3.8, 4) is 28.3 Å². The van der Waals surface area contributed by atoms with Crippen molar-refractivity contribution in [3.05, 3.63) is 102 Å². The molecule has 0 spiro atoms. The van der Waals surface area contributed by atoms with Gasteiger partial charge in [-0.25, -0.2) is 0 Å². The van der Waals surface area contributed by atoms with Crippen LogP contribution in [0.3, 0.4) is 0 Å². The minimum atomic E-state index is 0.851. The standard InChI is InChI=1S/C33H26N2/c34-21-31-32(35-17-5-6-18-35)20-30(28-16-15-23-8-2-4-10-27(23)33(28)31)25-14-13-24-12-11-22-7-1-3-9-26(22)29(24)19-25/h1-4,7-14,19-20H,5-6,15-18H2. The summed E-state index contributed by atoms with van der Waals surface area (Å²) in [5, 5.41) is 15.5. The second kappa shape index (κ2) is 8.00. The van der Waals surface area contributed by atoms with Crippen LogP contribution in [0.2, 0.25) is 0 Å². The lowest BCUT2D eigenvalue weighted by atomic mass is 9.78. The van der Waals surface area contributed by atoms with Gasteiger partial charge in [0.05, 0.1) is 11.3 Å². The van der Waals surface area contributed by atoms with Crippen molar-refractivity contribution in [2.45, 2.75) is 25.7 Å². The highest BCUT2D eigenvalue weighted by Gasteiger charge is 2.28. The first-order valence-corrected chi connectivity index (χ1v) is 12.7. The minimum absolute atomic E-state index is 0.851. The highest BCUT2D eigenvalue weighted by molar-refractivity contribution is 6.09. The quantitative estimate of drug-likeness (QED) is 0.256. The van der Waals surface area contributed by atoms with E-state index in [1.807, 2.05) is 0 Å². The lowest BCUT2D eigenvalue weighted by molar-refractivity contribution is 0.932. The van der Waals surface area contributed by atoms with E-state index in [-0.39, 0.29) is 0 Å². The third kappa shape index (κ3) is 3.16. The van der Waals surface area contributed by atoms with E-state index in [4.69, 9.17) is 0 Å². The van der Waals surface area contributed by atoms with Gasteiger partial charge >= 0.3 is 0 Å². The number of anilines is 1. The number of benzene rings is 5. The molecular formula is C33H26N2. The molecule has 1 fully saturated rings. The molecule has 168 valence electrons. The van der Waals surface area contributed by atoms with Gasteiger partial charge < -0.3 is 4.90 Å². The maximum absolute atomic E-state index is 10.4. The van der Waals surface area contributed by atoms with Crippen LogP contribution in [-0.2, 0) is 12.8 Å². The number of hydrogen-bond acceptors (Lipinski definition) is 2. The molecule has 0 atom stereocenters. The molecule has 0 aromatic heterocycles. The molecule has 2 heteroatoms. The van der Waals surface area contributed by atoms with Crippen LogP contribution in [0, 0.1) is 11.3 Å². The Labute approximate surface area is 206 Å². The van der Waals surface area contributed by atoms with E-state index in [9.17, 15) is 5.26 Å². The van der Waals surface area contributed by atoms with Gasteiger partial charge in [-0.2, -0.15) is 5.26 Å². The molecule has 2 aliphatic rings. The molecule has 0 radical (unpaired) electrons. The number of hydrogen-bond donors (Lipinski definition) is 0. The summed E-state index contributed by atoms with van der Waals surface area (Å²) in [6.45, 7) is 2.05. The molecule has 1 aliphatic heterocycles. The van der Waals surface area contributed by atoms with Crippen molar-refractivity contribution in [2.75, 3.05) is 18.0 Å². The maximum Gasteiger partial charge on any atom is 0.102 e. The van der Waals surface area contributed by atoms with Crippen LogP contribution < -0.4 is 4.90 Å². The monoisotopic (exact) mass is 450 g/mol. The van der Waals surface area contributed by atoms with Gasteiger partial charge in [-0.1, -0.05) is 72.8 Å². The number of rotatable bonds is 2. The fourth-order valence-corrected chi connectivity index (χ4v) is 6.26. The molecule has 0 amide bonds. The summed E-state index contributed by atoms with van der Waals surface area (Å²) < 4.78 is 0. The molecule has 0 saturated carbocycles. The molecule has 5 aromatic carbocycles. The highest BCUT2D eigenvalue weighted by atomic mass is 15.1. The van der Waals surface area contributed by atoms with E-state index in [1.165, 1.54) is 62.2 Å². The largest absolute Gasteiger partial charge is 0.370 e. The van der Waals surface area contributed by atoms with Gasteiger partial charge in [0, 0.05) is 18.7 Å². The third-order valence-electron chi connectivity index (χ3n) is 7.96. The van der Waals surface area contributed by atoms with E-state index in [0.29, 0.717) is 0 Å². The van der Waals surface area contributed by atoms with Crippen LogP contribution >= 0.6 is 0 Å². The second-order valence-corrected chi connectivity index (χ2v) is 9.86. The Kier molecular flexibility index (Phi) is 4.64. The van der Waals surface area contributed by atoms with Crippen molar-refractivity contribution in [1.29, 1.82) is 5.26 Å². The average Bonchev–Trinajstić information content (AvgIpc) is 3.46. The summed E-state index contributed by atoms with van der Waals surface area (Å²) in [5.74, 6) is 0. The number of aryl methyl sites for hydroxylation is 1. The summed E-state index contributed by atoms with van der Waals surface area (Å²) in [4.78, 5) is 2.43. The van der Waals surface area contributed by atoms with E-state index >= 15 is 0 Å². The van der Waals surface area contributed by atoms with Crippen molar-refractivity contribution in [3.63, 3.8) is 0 Å². The Bertz CT molecular complexity index is 1670. The Hall–Kier alpha value is -4.09. The first kappa shape index (κ1) is 20.3. The summed E-state index contributed by atoms with van der Waals surface area (Å²) in [6, 6.07) is 33.6. The van der Waals surface area contributed by atoms with Gasteiger partial charge in [0.2, 0.25) is 0 Å².